The lowest BCUT2D eigenvalue weighted by Gasteiger charge is -2.34. The Morgan fingerprint density at radius 3 is 1.91 bits per heavy atom. The highest BCUT2D eigenvalue weighted by Crippen LogP contribution is 2.38. The molecule has 0 amide bonds. The van der Waals surface area contributed by atoms with Crippen molar-refractivity contribution in [3.63, 3.8) is 0 Å². The molecule has 4 aromatic heterocycles. The summed E-state index contributed by atoms with van der Waals surface area (Å²) in [7, 11) is 0. The fraction of sp³-hybridized carbons (Fsp3) is 0.714. The van der Waals surface area contributed by atoms with Gasteiger partial charge >= 0.3 is 0 Å². The van der Waals surface area contributed by atoms with Crippen LogP contribution in [0.15, 0.2) is 34.4 Å². The predicted octanol–water partition coefficient (Wildman–Crippen LogP) is 5.82. The Balaban J connectivity index is 0.000000162. The van der Waals surface area contributed by atoms with Gasteiger partial charge in [0.05, 0.1) is 0 Å². The summed E-state index contributed by atoms with van der Waals surface area (Å²) in [6.07, 6.45) is 24.1. The zero-order chi connectivity index (χ0) is 32.1. The maximum Gasteiger partial charge on any atom is 0.296 e. The van der Waals surface area contributed by atoms with E-state index in [0.717, 1.165) is 63.6 Å². The van der Waals surface area contributed by atoms with Crippen molar-refractivity contribution in [1.82, 2.24) is 38.3 Å². The molecule has 11 nitrogen and oxygen atoms in total. The summed E-state index contributed by atoms with van der Waals surface area (Å²) in [6.45, 7) is 9.93. The molecule has 7 rings (SSSR count). The van der Waals surface area contributed by atoms with Crippen LogP contribution >= 0.6 is 0 Å². The molecule has 2 saturated carbocycles. The normalized spacial score (nSPS) is 20.1. The van der Waals surface area contributed by atoms with E-state index < -0.39 is 0 Å². The number of nitrogens with zero attached hydrogens (tertiary/aromatic N) is 8. The topological polar surface area (TPSA) is 114 Å². The minimum atomic E-state index is -0.0119. The van der Waals surface area contributed by atoms with Gasteiger partial charge in [0.25, 0.3) is 11.1 Å². The zero-order valence-corrected chi connectivity index (χ0v) is 28.1. The maximum absolute atomic E-state index is 12.8. The molecule has 11 heteroatoms. The summed E-state index contributed by atoms with van der Waals surface area (Å²) in [4.78, 5) is 25.4. The first-order valence-corrected chi connectivity index (χ1v) is 17.8. The van der Waals surface area contributed by atoms with Crippen molar-refractivity contribution in [2.75, 3.05) is 13.2 Å². The van der Waals surface area contributed by atoms with Crippen molar-refractivity contribution in [3.05, 3.63) is 57.1 Å². The highest BCUT2D eigenvalue weighted by atomic mass is 16.5. The Bertz CT molecular complexity index is 1690. The Morgan fingerprint density at radius 1 is 0.717 bits per heavy atom. The molecule has 0 N–H and O–H groups in total. The molecule has 0 radical (unpaired) electrons. The van der Waals surface area contributed by atoms with Crippen LogP contribution in [0.2, 0.25) is 0 Å². The van der Waals surface area contributed by atoms with Gasteiger partial charge in [0.1, 0.15) is 11.6 Å². The molecular formula is C35H52N8O3. The first-order chi connectivity index (χ1) is 22.3. The monoisotopic (exact) mass is 632 g/mol. The molecule has 0 aromatic carbocycles. The average molecular weight is 633 g/mol. The number of hydrogen-bond donors (Lipinski definition) is 0. The first kappa shape index (κ1) is 32.6. The van der Waals surface area contributed by atoms with Crippen LogP contribution in [0, 0.1) is 17.3 Å². The van der Waals surface area contributed by atoms with Gasteiger partial charge in [0, 0.05) is 63.4 Å². The van der Waals surface area contributed by atoms with Gasteiger partial charge in [-0.3, -0.25) is 18.4 Å². The average Bonchev–Trinajstić information content (AvgIpc) is 3.59. The molecule has 3 fully saturated rings. The number of aryl methyl sites for hydroxylation is 1. The van der Waals surface area contributed by atoms with Crippen LogP contribution in [0.5, 0.6) is 0 Å². The van der Waals surface area contributed by atoms with Crippen molar-refractivity contribution in [3.8, 4) is 0 Å². The summed E-state index contributed by atoms with van der Waals surface area (Å²) >= 11 is 0. The molecule has 250 valence electrons. The molecule has 46 heavy (non-hydrogen) atoms. The van der Waals surface area contributed by atoms with Crippen LogP contribution in [0.1, 0.15) is 122 Å². The maximum atomic E-state index is 12.8. The molecule has 0 unspecified atom stereocenters. The molecule has 5 heterocycles. The lowest BCUT2D eigenvalue weighted by Crippen LogP contribution is -2.29. The molecule has 0 atom stereocenters. The molecule has 1 saturated heterocycles. The van der Waals surface area contributed by atoms with Gasteiger partial charge in [-0.05, 0) is 75.0 Å². The van der Waals surface area contributed by atoms with Crippen molar-refractivity contribution < 1.29 is 4.74 Å². The van der Waals surface area contributed by atoms with Gasteiger partial charge in [-0.25, -0.2) is 0 Å². The molecule has 0 bridgehead atoms. The van der Waals surface area contributed by atoms with Crippen LogP contribution < -0.4 is 11.1 Å². The van der Waals surface area contributed by atoms with Gasteiger partial charge in [-0.2, -0.15) is 0 Å². The Morgan fingerprint density at radius 2 is 1.28 bits per heavy atom. The molecule has 1 aliphatic heterocycles. The number of aromatic nitrogens is 8. The van der Waals surface area contributed by atoms with Crippen LogP contribution in [-0.2, 0) is 24.2 Å². The number of fused-ring (bicyclic) bond motifs is 2. The van der Waals surface area contributed by atoms with Gasteiger partial charge in [-0.15, -0.1) is 20.4 Å². The van der Waals surface area contributed by atoms with E-state index >= 15 is 0 Å². The van der Waals surface area contributed by atoms with Gasteiger partial charge in [-0.1, -0.05) is 46.5 Å². The Kier molecular flexibility index (Phi) is 10.4. The largest absolute Gasteiger partial charge is 0.381 e. The van der Waals surface area contributed by atoms with Crippen LogP contribution in [0.25, 0.3) is 11.3 Å². The van der Waals surface area contributed by atoms with Gasteiger partial charge < -0.3 is 13.9 Å². The Hall–Kier alpha value is -3.34. The zero-order valence-electron chi connectivity index (χ0n) is 28.1. The second kappa shape index (κ2) is 14.6. The van der Waals surface area contributed by atoms with E-state index in [9.17, 15) is 9.59 Å². The highest BCUT2D eigenvalue weighted by Gasteiger charge is 2.27. The van der Waals surface area contributed by atoms with E-state index in [1.165, 1.54) is 64.2 Å². The van der Waals surface area contributed by atoms with Gasteiger partial charge in [0.15, 0.2) is 0 Å². The molecule has 0 spiro atoms. The lowest BCUT2D eigenvalue weighted by atomic mass is 9.73. The second-order valence-corrected chi connectivity index (χ2v) is 14.7. The third-order valence-corrected chi connectivity index (χ3v) is 10.6. The summed E-state index contributed by atoms with van der Waals surface area (Å²) in [5.41, 5.74) is 1.37. The van der Waals surface area contributed by atoms with Crippen LogP contribution in [0.4, 0.5) is 0 Å². The van der Waals surface area contributed by atoms with Gasteiger partial charge in [0.2, 0.25) is 11.3 Å². The van der Waals surface area contributed by atoms with Crippen LogP contribution in [-0.4, -0.2) is 51.5 Å². The quantitative estimate of drug-likeness (QED) is 0.236. The van der Waals surface area contributed by atoms with Crippen molar-refractivity contribution in [2.24, 2.45) is 17.3 Å². The minimum absolute atomic E-state index is 0.00689. The third kappa shape index (κ3) is 7.45. The number of rotatable bonds is 7. The first-order valence-electron chi connectivity index (χ1n) is 17.8. The number of ether oxygens (including phenoxy) is 1. The SMILES string of the molecule is CCCc1nnc2c(=O)n(CC3CCC(C)(C)CC3)ccn12.O=c1c2nnc(C3CCOCC3)n2ccn1CC1CCCCCC1. The standard InChI is InChI=1S/C18H26N4O2.C17H26N4O/c23-18-17-20-19-16(15-7-11-24-12-8-15)22(17)10-9-21(18)13-14-5-3-1-2-4-6-14;1-4-5-14-18-19-15-16(22)20(10-11-21(14)15)12-13-6-8-17(2,3)9-7-13/h9-10,14-15H,1-8,11-13H2;10-11,13H,4-9,12H2,1-3H3. The van der Waals surface area contributed by atoms with E-state index in [1.807, 2.05) is 42.7 Å². The van der Waals surface area contributed by atoms with E-state index in [4.69, 9.17) is 4.74 Å². The van der Waals surface area contributed by atoms with E-state index in [2.05, 4.69) is 41.2 Å². The molecule has 3 aliphatic rings. The predicted molar refractivity (Wildman–Crippen MR) is 178 cm³/mol. The van der Waals surface area contributed by atoms with E-state index in [-0.39, 0.29) is 11.1 Å². The summed E-state index contributed by atoms with van der Waals surface area (Å²) in [5.74, 6) is 3.34. The summed E-state index contributed by atoms with van der Waals surface area (Å²) < 4.78 is 12.8. The van der Waals surface area contributed by atoms with E-state index in [0.29, 0.717) is 34.5 Å². The minimum Gasteiger partial charge on any atom is -0.381 e. The van der Waals surface area contributed by atoms with E-state index in [1.54, 1.807) is 0 Å². The van der Waals surface area contributed by atoms with Crippen molar-refractivity contribution in [2.45, 2.75) is 130 Å². The molecule has 2 aliphatic carbocycles. The second-order valence-electron chi connectivity index (χ2n) is 14.7. The summed E-state index contributed by atoms with van der Waals surface area (Å²) in [5, 5.41) is 16.8. The fourth-order valence-electron chi connectivity index (χ4n) is 7.57. The number of hydrogen-bond acceptors (Lipinski definition) is 7. The fourth-order valence-corrected chi connectivity index (χ4v) is 7.57. The van der Waals surface area contributed by atoms with Crippen molar-refractivity contribution in [1.29, 1.82) is 0 Å². The smallest absolute Gasteiger partial charge is 0.296 e. The Labute approximate surface area is 271 Å². The molecule has 4 aromatic rings. The van der Waals surface area contributed by atoms with Crippen LogP contribution in [0.3, 0.4) is 0 Å². The molecular weight excluding hydrogens is 580 g/mol. The van der Waals surface area contributed by atoms with Crippen molar-refractivity contribution >= 4 is 11.3 Å². The lowest BCUT2D eigenvalue weighted by molar-refractivity contribution is 0.0834. The highest BCUT2D eigenvalue weighted by molar-refractivity contribution is 5.36. The summed E-state index contributed by atoms with van der Waals surface area (Å²) in [6, 6.07) is 0. The third-order valence-electron chi connectivity index (χ3n) is 10.6.